The second kappa shape index (κ2) is 4.33. The Bertz CT molecular complexity index is 375. The van der Waals surface area contributed by atoms with E-state index < -0.39 is 17.8 Å². The molecule has 1 aromatic rings. The van der Waals surface area contributed by atoms with Gasteiger partial charge in [-0.2, -0.15) is 0 Å². The molecule has 0 fully saturated rings. The molecule has 0 aliphatic heterocycles. The van der Waals surface area contributed by atoms with Crippen LogP contribution in [-0.4, -0.2) is 20.5 Å². The van der Waals surface area contributed by atoms with Crippen molar-refractivity contribution in [1.82, 2.24) is 0 Å². The number of nitrogens with two attached hydrogens (primary N) is 1. The Hall–Kier alpha value is -1.23. The zero-order valence-electron chi connectivity index (χ0n) is 9.47. The van der Waals surface area contributed by atoms with Gasteiger partial charge in [-0.25, -0.2) is 13.2 Å². The van der Waals surface area contributed by atoms with E-state index in [1.807, 2.05) is 0 Å². The van der Waals surface area contributed by atoms with Gasteiger partial charge in [0.25, 0.3) is 6.43 Å². The molecule has 0 aromatic heterocycles. The average Bonchev–Trinajstić information content (AvgIpc) is 2.16. The summed E-state index contributed by atoms with van der Waals surface area (Å²) in [6.07, 6.45) is -2.71. The highest BCUT2D eigenvalue weighted by Crippen LogP contribution is 2.32. The summed E-state index contributed by atoms with van der Waals surface area (Å²) in [5, 5.41) is 0. The van der Waals surface area contributed by atoms with E-state index in [2.05, 4.69) is 0 Å². The van der Waals surface area contributed by atoms with Crippen molar-refractivity contribution in [2.24, 2.45) is 5.73 Å². The fraction of sp³-hybridized carbons (Fsp3) is 0.455. The summed E-state index contributed by atoms with van der Waals surface area (Å²) in [7, 11) is 3.31. The van der Waals surface area contributed by atoms with Gasteiger partial charge in [-0.3, -0.25) is 0 Å². The second-order valence-electron chi connectivity index (χ2n) is 4.14. The van der Waals surface area contributed by atoms with E-state index in [9.17, 15) is 13.2 Å². The maximum atomic E-state index is 13.0. The van der Waals surface area contributed by atoms with E-state index in [0.717, 1.165) is 6.07 Å². The average molecular weight is 232 g/mol. The third-order valence-corrected chi connectivity index (χ3v) is 2.48. The summed E-state index contributed by atoms with van der Waals surface area (Å²) >= 11 is 0. The van der Waals surface area contributed by atoms with Gasteiger partial charge >= 0.3 is 0 Å². The number of nitrogens with zero attached hydrogens (tertiary/aromatic N) is 1. The molecule has 90 valence electrons. The molecule has 0 amide bonds. The Morgan fingerprint density at radius 3 is 2.31 bits per heavy atom. The van der Waals surface area contributed by atoms with E-state index in [0.29, 0.717) is 5.69 Å². The zero-order valence-corrected chi connectivity index (χ0v) is 9.47. The maximum Gasteiger partial charge on any atom is 0.260 e. The number of hydrogen-bond acceptors (Lipinski definition) is 2. The topological polar surface area (TPSA) is 29.3 Å². The second-order valence-corrected chi connectivity index (χ2v) is 4.14. The molecule has 0 aliphatic carbocycles. The van der Waals surface area contributed by atoms with E-state index >= 15 is 0 Å². The van der Waals surface area contributed by atoms with Gasteiger partial charge in [0.1, 0.15) is 11.4 Å². The molecule has 5 heteroatoms. The number of alkyl halides is 2. The van der Waals surface area contributed by atoms with E-state index in [4.69, 9.17) is 5.73 Å². The molecule has 1 aromatic carbocycles. The predicted molar refractivity (Wildman–Crippen MR) is 58.3 cm³/mol. The molecule has 0 spiro atoms. The molecule has 0 saturated carbocycles. The van der Waals surface area contributed by atoms with Crippen LogP contribution < -0.4 is 10.6 Å². The van der Waals surface area contributed by atoms with Gasteiger partial charge in [0.2, 0.25) is 0 Å². The van der Waals surface area contributed by atoms with E-state index in [-0.39, 0.29) is 5.56 Å². The molecule has 2 N–H and O–H groups in total. The number of hydrogen-bond donors (Lipinski definition) is 1. The summed E-state index contributed by atoms with van der Waals surface area (Å²) in [5.41, 5.74) is 4.38. The van der Waals surface area contributed by atoms with Gasteiger partial charge in [0, 0.05) is 25.3 Å². The summed E-state index contributed by atoms with van der Waals surface area (Å²) in [5.74, 6) is -0.475. The van der Waals surface area contributed by atoms with Crippen molar-refractivity contribution < 1.29 is 13.2 Å². The smallest absolute Gasteiger partial charge is 0.260 e. The first-order chi connectivity index (χ1) is 7.26. The van der Waals surface area contributed by atoms with Crippen molar-refractivity contribution in [3.8, 4) is 0 Å². The molecule has 0 heterocycles. The Morgan fingerprint density at radius 2 is 1.88 bits per heavy atom. The molecular weight excluding hydrogens is 217 g/mol. The first kappa shape index (κ1) is 12.8. The van der Waals surface area contributed by atoms with Gasteiger partial charge in [0.05, 0.1) is 0 Å². The van der Waals surface area contributed by atoms with E-state index in [1.54, 1.807) is 19.0 Å². The number of anilines is 1. The fourth-order valence-electron chi connectivity index (χ4n) is 1.45. The molecular formula is C11H15F3N2. The van der Waals surface area contributed by atoms with Crippen molar-refractivity contribution in [2.75, 3.05) is 19.0 Å². The summed E-state index contributed by atoms with van der Waals surface area (Å²) < 4.78 is 38.7. The molecule has 2 nitrogen and oxygen atoms in total. The van der Waals surface area contributed by atoms with Crippen LogP contribution in [0.3, 0.4) is 0 Å². The zero-order chi connectivity index (χ0) is 12.5. The molecule has 1 rings (SSSR count). The third-order valence-electron chi connectivity index (χ3n) is 2.48. The Kier molecular flexibility index (Phi) is 3.48. The number of halogens is 3. The first-order valence-electron chi connectivity index (χ1n) is 4.81. The van der Waals surface area contributed by atoms with Crippen LogP contribution in [0.4, 0.5) is 18.9 Å². The predicted octanol–water partition coefficient (Wildman–Crippen LogP) is 2.33. The first-order valence-corrected chi connectivity index (χ1v) is 4.81. The van der Waals surface area contributed by atoms with Crippen LogP contribution in [0.15, 0.2) is 18.2 Å². The Morgan fingerprint density at radius 1 is 1.31 bits per heavy atom. The standard InChI is InChI=1S/C11H15F3N2/c1-11(15,10(13)14)8-5-4-7(12)6-9(8)16(2)3/h4-6,10H,15H2,1-3H3. The van der Waals surface area contributed by atoms with Crippen molar-refractivity contribution in [3.63, 3.8) is 0 Å². The molecule has 0 saturated heterocycles. The van der Waals surface area contributed by atoms with Crippen molar-refractivity contribution in [3.05, 3.63) is 29.6 Å². The van der Waals surface area contributed by atoms with Crippen LogP contribution in [-0.2, 0) is 5.54 Å². The lowest BCUT2D eigenvalue weighted by atomic mass is 9.91. The quantitative estimate of drug-likeness (QED) is 0.866. The maximum absolute atomic E-state index is 13.0. The molecule has 0 bridgehead atoms. The lowest BCUT2D eigenvalue weighted by Crippen LogP contribution is -2.41. The van der Waals surface area contributed by atoms with Crippen LogP contribution in [0.5, 0.6) is 0 Å². The van der Waals surface area contributed by atoms with E-state index in [1.165, 1.54) is 19.1 Å². The van der Waals surface area contributed by atoms with Crippen LogP contribution in [0.1, 0.15) is 12.5 Å². The molecule has 1 atom stereocenters. The molecule has 0 aliphatic rings. The van der Waals surface area contributed by atoms with Crippen molar-refractivity contribution >= 4 is 5.69 Å². The fourth-order valence-corrected chi connectivity index (χ4v) is 1.45. The van der Waals surface area contributed by atoms with Gasteiger partial charge in [-0.1, -0.05) is 6.07 Å². The highest BCUT2D eigenvalue weighted by molar-refractivity contribution is 5.56. The lowest BCUT2D eigenvalue weighted by Gasteiger charge is -2.29. The Balaban J connectivity index is 3.33. The van der Waals surface area contributed by atoms with Gasteiger partial charge in [0.15, 0.2) is 0 Å². The Labute approximate surface area is 92.9 Å². The van der Waals surface area contributed by atoms with Crippen molar-refractivity contribution in [2.45, 2.75) is 18.9 Å². The summed E-state index contributed by atoms with van der Waals surface area (Å²) in [6, 6.07) is 3.63. The van der Waals surface area contributed by atoms with Crippen molar-refractivity contribution in [1.29, 1.82) is 0 Å². The highest BCUT2D eigenvalue weighted by atomic mass is 19.3. The van der Waals surface area contributed by atoms with Gasteiger partial charge in [-0.15, -0.1) is 0 Å². The highest BCUT2D eigenvalue weighted by Gasteiger charge is 2.34. The third kappa shape index (κ3) is 2.29. The minimum atomic E-state index is -2.71. The number of rotatable bonds is 3. The lowest BCUT2D eigenvalue weighted by molar-refractivity contribution is 0.0627. The molecule has 0 radical (unpaired) electrons. The monoisotopic (exact) mass is 232 g/mol. The number of benzene rings is 1. The molecule has 1 unspecified atom stereocenters. The molecule has 16 heavy (non-hydrogen) atoms. The SMILES string of the molecule is CN(C)c1cc(F)ccc1C(C)(N)C(F)F. The van der Waals surface area contributed by atoms with Crippen LogP contribution in [0, 0.1) is 5.82 Å². The summed E-state index contributed by atoms with van der Waals surface area (Å²) in [6.45, 7) is 1.23. The minimum absolute atomic E-state index is 0.230. The van der Waals surface area contributed by atoms with Crippen LogP contribution >= 0.6 is 0 Å². The van der Waals surface area contributed by atoms with Crippen LogP contribution in [0.2, 0.25) is 0 Å². The largest absolute Gasteiger partial charge is 0.377 e. The summed E-state index contributed by atoms with van der Waals surface area (Å²) in [4.78, 5) is 1.56. The normalized spacial score (nSPS) is 15.0. The van der Waals surface area contributed by atoms with Gasteiger partial charge in [-0.05, 0) is 19.1 Å². The van der Waals surface area contributed by atoms with Crippen LogP contribution in [0.25, 0.3) is 0 Å². The minimum Gasteiger partial charge on any atom is -0.377 e. The van der Waals surface area contributed by atoms with Gasteiger partial charge < -0.3 is 10.6 Å².